The number of amides is 1. The minimum absolute atomic E-state index is 0.0535. The number of carbonyl (C=O) groups excluding carboxylic acids is 1. The van der Waals surface area contributed by atoms with Crippen molar-refractivity contribution in [3.8, 4) is 0 Å². The van der Waals surface area contributed by atoms with Gasteiger partial charge in [0.15, 0.2) is 0 Å². The lowest BCUT2D eigenvalue weighted by atomic mass is 10.1. The molecule has 1 amide bonds. The lowest BCUT2D eigenvalue weighted by molar-refractivity contribution is -0.125. The fourth-order valence-corrected chi connectivity index (χ4v) is 2.96. The van der Waals surface area contributed by atoms with E-state index in [4.69, 9.17) is 0 Å². The number of aromatic nitrogens is 1. The van der Waals surface area contributed by atoms with Gasteiger partial charge in [-0.25, -0.2) is 4.98 Å². The van der Waals surface area contributed by atoms with Crippen molar-refractivity contribution in [3.05, 3.63) is 28.7 Å². The molecule has 1 fully saturated rings. The van der Waals surface area contributed by atoms with Gasteiger partial charge in [-0.15, -0.1) is 11.3 Å². The first kappa shape index (κ1) is 11.3. The molecule has 4 heteroatoms. The number of aryl methyl sites for hydroxylation is 1. The Bertz CT molecular complexity index is 399. The Morgan fingerprint density at radius 2 is 2.62 bits per heavy atom. The summed E-state index contributed by atoms with van der Waals surface area (Å²) in [7, 11) is 0. The van der Waals surface area contributed by atoms with Gasteiger partial charge < -0.3 is 4.90 Å². The summed E-state index contributed by atoms with van der Waals surface area (Å²) >= 11 is 1.72. The van der Waals surface area contributed by atoms with Crippen LogP contribution in [0.1, 0.15) is 17.1 Å². The first-order valence-electron chi connectivity index (χ1n) is 5.51. The van der Waals surface area contributed by atoms with Crippen molar-refractivity contribution in [1.29, 1.82) is 0 Å². The molecule has 2 heterocycles. The van der Waals surface area contributed by atoms with E-state index >= 15 is 0 Å². The first-order chi connectivity index (χ1) is 7.69. The summed E-state index contributed by atoms with van der Waals surface area (Å²) in [4.78, 5) is 17.7. The molecule has 2 rings (SSSR count). The highest BCUT2D eigenvalue weighted by molar-refractivity contribution is 7.09. The van der Waals surface area contributed by atoms with Crippen molar-refractivity contribution >= 4 is 17.2 Å². The van der Waals surface area contributed by atoms with Crippen molar-refractivity contribution in [2.24, 2.45) is 5.92 Å². The zero-order valence-corrected chi connectivity index (χ0v) is 10.3. The average molecular weight is 236 g/mol. The molecular weight excluding hydrogens is 220 g/mol. The Morgan fingerprint density at radius 3 is 3.25 bits per heavy atom. The van der Waals surface area contributed by atoms with Crippen LogP contribution in [0.4, 0.5) is 0 Å². The predicted octanol–water partition coefficient (Wildman–Crippen LogP) is 2.03. The molecule has 1 saturated heterocycles. The Kier molecular flexibility index (Phi) is 3.39. The van der Waals surface area contributed by atoms with Gasteiger partial charge >= 0.3 is 0 Å². The van der Waals surface area contributed by atoms with Crippen LogP contribution in [0, 0.1) is 12.8 Å². The van der Waals surface area contributed by atoms with Gasteiger partial charge in [0.1, 0.15) is 0 Å². The average Bonchev–Trinajstić information content (AvgIpc) is 2.87. The van der Waals surface area contributed by atoms with Crippen LogP contribution in [0.25, 0.3) is 0 Å². The van der Waals surface area contributed by atoms with Crippen LogP contribution >= 0.6 is 11.3 Å². The second-order valence-electron chi connectivity index (χ2n) is 4.23. The smallest absolute Gasteiger partial charge is 0.245 e. The maximum Gasteiger partial charge on any atom is 0.245 e. The van der Waals surface area contributed by atoms with Crippen molar-refractivity contribution in [1.82, 2.24) is 9.88 Å². The van der Waals surface area contributed by atoms with E-state index in [1.54, 1.807) is 11.3 Å². The van der Waals surface area contributed by atoms with Gasteiger partial charge in [-0.2, -0.15) is 0 Å². The molecular formula is C12H16N2OS. The van der Waals surface area contributed by atoms with Crippen LogP contribution in [-0.2, 0) is 11.2 Å². The van der Waals surface area contributed by atoms with Gasteiger partial charge in [0, 0.05) is 30.6 Å². The molecule has 1 aromatic rings. The second-order valence-corrected chi connectivity index (χ2v) is 5.17. The quantitative estimate of drug-likeness (QED) is 0.752. The van der Waals surface area contributed by atoms with Gasteiger partial charge in [-0.05, 0) is 25.3 Å². The zero-order valence-electron chi connectivity index (χ0n) is 9.48. The third-order valence-corrected chi connectivity index (χ3v) is 3.89. The lowest BCUT2D eigenvalue weighted by Crippen LogP contribution is -2.26. The SMILES string of the molecule is C=CC(=O)N1CCC(Cc2nc(C)cs2)C1. The van der Waals surface area contributed by atoms with Crippen molar-refractivity contribution < 1.29 is 4.79 Å². The molecule has 16 heavy (non-hydrogen) atoms. The lowest BCUT2D eigenvalue weighted by Gasteiger charge is -2.13. The molecule has 3 nitrogen and oxygen atoms in total. The normalized spacial score (nSPS) is 20.1. The van der Waals surface area contributed by atoms with Gasteiger partial charge in [0.25, 0.3) is 0 Å². The number of thiazole rings is 1. The van der Waals surface area contributed by atoms with E-state index < -0.39 is 0 Å². The highest BCUT2D eigenvalue weighted by Gasteiger charge is 2.25. The molecule has 1 aliphatic rings. The van der Waals surface area contributed by atoms with Crippen molar-refractivity contribution in [2.45, 2.75) is 19.8 Å². The molecule has 1 atom stereocenters. The molecule has 0 saturated carbocycles. The molecule has 0 N–H and O–H groups in total. The van der Waals surface area contributed by atoms with Crippen LogP contribution in [0.3, 0.4) is 0 Å². The molecule has 0 aromatic carbocycles. The summed E-state index contributed by atoms with van der Waals surface area (Å²) in [6.07, 6.45) is 3.48. The largest absolute Gasteiger partial charge is 0.339 e. The minimum atomic E-state index is 0.0535. The third-order valence-electron chi connectivity index (χ3n) is 2.90. The zero-order chi connectivity index (χ0) is 11.5. The summed E-state index contributed by atoms with van der Waals surface area (Å²) in [5, 5.41) is 3.27. The summed E-state index contributed by atoms with van der Waals surface area (Å²) < 4.78 is 0. The molecule has 1 aliphatic heterocycles. The summed E-state index contributed by atoms with van der Waals surface area (Å²) in [5.74, 6) is 0.618. The van der Waals surface area contributed by atoms with Crippen molar-refractivity contribution in [3.63, 3.8) is 0 Å². The Labute approximate surface area is 99.8 Å². The van der Waals surface area contributed by atoms with Gasteiger partial charge in [0.2, 0.25) is 5.91 Å². The van der Waals surface area contributed by atoms with E-state index in [-0.39, 0.29) is 5.91 Å². The minimum Gasteiger partial charge on any atom is -0.339 e. The Morgan fingerprint density at radius 1 is 1.81 bits per heavy atom. The molecule has 1 unspecified atom stereocenters. The number of rotatable bonds is 3. The summed E-state index contributed by atoms with van der Waals surface area (Å²) in [6, 6.07) is 0. The molecule has 86 valence electrons. The topological polar surface area (TPSA) is 33.2 Å². The fraction of sp³-hybridized carbons (Fsp3) is 0.500. The summed E-state index contributed by atoms with van der Waals surface area (Å²) in [6.45, 7) is 7.24. The number of likely N-dealkylation sites (tertiary alicyclic amines) is 1. The van der Waals surface area contributed by atoms with Crippen LogP contribution in [-0.4, -0.2) is 28.9 Å². The van der Waals surface area contributed by atoms with Crippen LogP contribution < -0.4 is 0 Å². The third kappa shape index (κ3) is 2.50. The predicted molar refractivity (Wildman–Crippen MR) is 65.4 cm³/mol. The van der Waals surface area contributed by atoms with Gasteiger partial charge in [-0.3, -0.25) is 4.79 Å². The fourth-order valence-electron chi connectivity index (χ4n) is 2.07. The van der Waals surface area contributed by atoms with E-state index in [1.165, 1.54) is 11.1 Å². The van der Waals surface area contributed by atoms with Crippen LogP contribution in [0.15, 0.2) is 18.0 Å². The maximum absolute atomic E-state index is 11.4. The van der Waals surface area contributed by atoms with Gasteiger partial charge in [0.05, 0.1) is 5.01 Å². The Hall–Kier alpha value is -1.16. The van der Waals surface area contributed by atoms with Gasteiger partial charge in [-0.1, -0.05) is 6.58 Å². The molecule has 0 aliphatic carbocycles. The molecule has 0 radical (unpaired) electrons. The number of hydrogen-bond acceptors (Lipinski definition) is 3. The highest BCUT2D eigenvalue weighted by Crippen LogP contribution is 2.22. The van der Waals surface area contributed by atoms with E-state index in [9.17, 15) is 4.79 Å². The second kappa shape index (κ2) is 4.78. The molecule has 0 bridgehead atoms. The molecule has 0 spiro atoms. The van der Waals surface area contributed by atoms with Crippen LogP contribution in [0.5, 0.6) is 0 Å². The highest BCUT2D eigenvalue weighted by atomic mass is 32.1. The van der Waals surface area contributed by atoms with Crippen molar-refractivity contribution in [2.75, 3.05) is 13.1 Å². The maximum atomic E-state index is 11.4. The number of carbonyl (C=O) groups is 1. The monoisotopic (exact) mass is 236 g/mol. The van der Waals surface area contributed by atoms with E-state index in [2.05, 4.69) is 16.9 Å². The van der Waals surface area contributed by atoms with E-state index in [1.807, 2.05) is 11.8 Å². The number of hydrogen-bond donors (Lipinski definition) is 0. The standard InChI is InChI=1S/C12H16N2OS/c1-3-12(15)14-5-4-10(7-14)6-11-13-9(2)8-16-11/h3,8,10H,1,4-7H2,2H3. The summed E-state index contributed by atoms with van der Waals surface area (Å²) in [5.41, 5.74) is 1.09. The number of nitrogens with zero attached hydrogens (tertiary/aromatic N) is 2. The Balaban J connectivity index is 1.89. The van der Waals surface area contributed by atoms with E-state index in [0.717, 1.165) is 31.6 Å². The van der Waals surface area contributed by atoms with E-state index in [0.29, 0.717) is 5.92 Å². The van der Waals surface area contributed by atoms with Crippen LogP contribution in [0.2, 0.25) is 0 Å². The first-order valence-corrected chi connectivity index (χ1v) is 6.39. The molecule has 1 aromatic heterocycles.